The van der Waals surface area contributed by atoms with E-state index in [-0.39, 0.29) is 13.6 Å². The third kappa shape index (κ3) is 9.80. The average molecular weight is 178 g/mol. The minimum absolute atomic E-state index is 0.236. The third-order valence-electron chi connectivity index (χ3n) is 1.09. The van der Waals surface area contributed by atoms with Crippen molar-refractivity contribution >= 4 is 0 Å². The molecule has 0 spiro atoms. The minimum atomic E-state index is 0.236. The molecule has 0 aliphatic carbocycles. The summed E-state index contributed by atoms with van der Waals surface area (Å²) in [7, 11) is 0. The maximum atomic E-state index is 5.25. The van der Waals surface area contributed by atoms with Gasteiger partial charge in [-0.05, 0) is 13.0 Å². The van der Waals surface area contributed by atoms with E-state index in [1.807, 2.05) is 0 Å². The first-order valence-electron chi connectivity index (χ1n) is 4.05. The normalized spacial score (nSPS) is 10.5. The van der Waals surface area contributed by atoms with Crippen molar-refractivity contribution in [3.63, 3.8) is 0 Å². The van der Waals surface area contributed by atoms with Gasteiger partial charge in [-0.15, -0.1) is 0 Å². The maximum Gasteiger partial charge on any atom is 0.149 e. The SMILES string of the molecule is NCCCOCOCOCCN. The second-order valence-electron chi connectivity index (χ2n) is 2.19. The molecule has 0 bridgehead atoms. The van der Waals surface area contributed by atoms with E-state index in [1.165, 1.54) is 0 Å². The fourth-order valence-corrected chi connectivity index (χ4v) is 0.538. The van der Waals surface area contributed by atoms with Gasteiger partial charge in [-0.25, -0.2) is 0 Å². The molecule has 12 heavy (non-hydrogen) atoms. The molecule has 0 aliphatic rings. The van der Waals surface area contributed by atoms with Gasteiger partial charge in [0.2, 0.25) is 0 Å². The molecule has 0 aromatic carbocycles. The summed E-state index contributed by atoms with van der Waals surface area (Å²) < 4.78 is 14.9. The zero-order valence-electron chi connectivity index (χ0n) is 7.33. The van der Waals surface area contributed by atoms with Gasteiger partial charge in [-0.1, -0.05) is 0 Å². The van der Waals surface area contributed by atoms with Gasteiger partial charge in [0.1, 0.15) is 13.6 Å². The molecule has 0 saturated heterocycles. The Hall–Kier alpha value is -0.200. The zero-order chi connectivity index (χ0) is 9.07. The van der Waals surface area contributed by atoms with Crippen molar-refractivity contribution < 1.29 is 14.2 Å². The van der Waals surface area contributed by atoms with Crippen LogP contribution in [-0.4, -0.2) is 39.9 Å². The van der Waals surface area contributed by atoms with Crippen LogP contribution in [0.2, 0.25) is 0 Å². The van der Waals surface area contributed by atoms with Crippen LogP contribution in [0.25, 0.3) is 0 Å². The van der Waals surface area contributed by atoms with Gasteiger partial charge in [-0.3, -0.25) is 0 Å². The summed E-state index contributed by atoms with van der Waals surface area (Å²) in [5.74, 6) is 0. The van der Waals surface area contributed by atoms with E-state index in [9.17, 15) is 0 Å². The molecule has 0 saturated carbocycles. The molecule has 0 amide bonds. The molecule has 0 rings (SSSR count). The first-order chi connectivity index (χ1) is 5.91. The summed E-state index contributed by atoms with van der Waals surface area (Å²) in [6.07, 6.45) is 0.854. The summed E-state index contributed by atoms with van der Waals surface area (Å²) >= 11 is 0. The predicted molar refractivity (Wildman–Crippen MR) is 45.4 cm³/mol. The molecule has 0 aromatic heterocycles. The molecule has 0 aromatic rings. The molecule has 0 unspecified atom stereocenters. The van der Waals surface area contributed by atoms with Crippen molar-refractivity contribution in [3.8, 4) is 0 Å². The zero-order valence-corrected chi connectivity index (χ0v) is 7.33. The monoisotopic (exact) mass is 178 g/mol. The van der Waals surface area contributed by atoms with Crippen LogP contribution in [0.3, 0.4) is 0 Å². The molecular formula is C7H18N2O3. The van der Waals surface area contributed by atoms with Gasteiger partial charge in [0.05, 0.1) is 13.2 Å². The molecule has 0 fully saturated rings. The van der Waals surface area contributed by atoms with Gasteiger partial charge in [-0.2, -0.15) is 0 Å². The topological polar surface area (TPSA) is 79.7 Å². The van der Waals surface area contributed by atoms with Crippen molar-refractivity contribution in [1.82, 2.24) is 0 Å². The number of hydrogen-bond acceptors (Lipinski definition) is 5. The summed E-state index contributed by atoms with van der Waals surface area (Å²) in [6.45, 7) is 2.79. The Morgan fingerprint density at radius 3 is 2.00 bits per heavy atom. The summed E-state index contributed by atoms with van der Waals surface area (Å²) in [4.78, 5) is 0. The number of ether oxygens (including phenoxy) is 3. The molecule has 5 nitrogen and oxygen atoms in total. The Labute approximate surface area is 72.9 Å². The lowest BCUT2D eigenvalue weighted by Gasteiger charge is -2.04. The lowest BCUT2D eigenvalue weighted by atomic mass is 10.5. The fourth-order valence-electron chi connectivity index (χ4n) is 0.538. The largest absolute Gasteiger partial charge is 0.355 e. The van der Waals surface area contributed by atoms with Crippen LogP contribution in [0.15, 0.2) is 0 Å². The van der Waals surface area contributed by atoms with Gasteiger partial charge in [0, 0.05) is 6.54 Å². The fraction of sp³-hybridized carbons (Fsp3) is 1.00. The molecule has 4 N–H and O–H groups in total. The molecule has 0 atom stereocenters. The number of hydrogen-bond donors (Lipinski definition) is 2. The Morgan fingerprint density at radius 2 is 1.42 bits per heavy atom. The quantitative estimate of drug-likeness (QED) is 0.359. The van der Waals surface area contributed by atoms with Crippen LogP contribution in [0.4, 0.5) is 0 Å². The highest BCUT2D eigenvalue weighted by Crippen LogP contribution is 1.82. The summed E-state index contributed by atoms with van der Waals surface area (Å²) in [6, 6.07) is 0. The van der Waals surface area contributed by atoms with Crippen molar-refractivity contribution in [2.75, 3.05) is 39.9 Å². The Bertz CT molecular complexity index is 73.1. The molecule has 74 valence electrons. The van der Waals surface area contributed by atoms with Gasteiger partial charge < -0.3 is 25.7 Å². The average Bonchev–Trinajstić information content (AvgIpc) is 2.10. The first-order valence-corrected chi connectivity index (χ1v) is 4.05. The maximum absolute atomic E-state index is 5.25. The first kappa shape index (κ1) is 11.8. The lowest BCUT2D eigenvalue weighted by Crippen LogP contribution is -2.12. The van der Waals surface area contributed by atoms with E-state index in [1.54, 1.807) is 0 Å². The molecular weight excluding hydrogens is 160 g/mol. The number of rotatable bonds is 9. The van der Waals surface area contributed by atoms with Crippen molar-refractivity contribution in [3.05, 3.63) is 0 Å². The second-order valence-corrected chi connectivity index (χ2v) is 2.19. The van der Waals surface area contributed by atoms with Crippen LogP contribution in [0.1, 0.15) is 6.42 Å². The van der Waals surface area contributed by atoms with E-state index in [0.29, 0.717) is 26.3 Å². The summed E-state index contributed by atoms with van der Waals surface area (Å²) in [5, 5.41) is 0. The van der Waals surface area contributed by atoms with Crippen LogP contribution >= 0.6 is 0 Å². The Kier molecular flexibility index (Phi) is 10.6. The smallest absolute Gasteiger partial charge is 0.149 e. The van der Waals surface area contributed by atoms with E-state index in [4.69, 9.17) is 25.7 Å². The van der Waals surface area contributed by atoms with E-state index in [0.717, 1.165) is 6.42 Å². The Morgan fingerprint density at radius 1 is 0.750 bits per heavy atom. The molecule has 5 heteroatoms. The predicted octanol–water partition coefficient (Wildman–Crippen LogP) is -0.741. The number of nitrogens with two attached hydrogens (primary N) is 2. The van der Waals surface area contributed by atoms with Crippen LogP contribution < -0.4 is 11.5 Å². The van der Waals surface area contributed by atoms with E-state index < -0.39 is 0 Å². The second kappa shape index (κ2) is 10.8. The highest BCUT2D eigenvalue weighted by Gasteiger charge is 1.87. The van der Waals surface area contributed by atoms with Crippen LogP contribution in [-0.2, 0) is 14.2 Å². The van der Waals surface area contributed by atoms with E-state index in [2.05, 4.69) is 0 Å². The highest BCUT2D eigenvalue weighted by molar-refractivity contribution is 4.32. The van der Waals surface area contributed by atoms with Crippen LogP contribution in [0, 0.1) is 0 Å². The van der Waals surface area contributed by atoms with Gasteiger partial charge >= 0.3 is 0 Å². The van der Waals surface area contributed by atoms with Crippen molar-refractivity contribution in [1.29, 1.82) is 0 Å². The van der Waals surface area contributed by atoms with Crippen LogP contribution in [0.5, 0.6) is 0 Å². The van der Waals surface area contributed by atoms with E-state index >= 15 is 0 Å². The third-order valence-corrected chi connectivity index (χ3v) is 1.09. The van der Waals surface area contributed by atoms with Crippen molar-refractivity contribution in [2.24, 2.45) is 11.5 Å². The van der Waals surface area contributed by atoms with Gasteiger partial charge in [0.25, 0.3) is 0 Å². The standard InChI is InChI=1S/C7H18N2O3/c8-2-1-4-10-6-12-7-11-5-3-9/h1-9H2. The Balaban J connectivity index is 2.73. The van der Waals surface area contributed by atoms with Crippen molar-refractivity contribution in [2.45, 2.75) is 6.42 Å². The highest BCUT2D eigenvalue weighted by atomic mass is 16.7. The molecule has 0 aliphatic heterocycles. The molecule has 0 heterocycles. The lowest BCUT2D eigenvalue weighted by molar-refractivity contribution is -0.129. The molecule has 0 radical (unpaired) electrons. The van der Waals surface area contributed by atoms with Gasteiger partial charge in [0.15, 0.2) is 0 Å². The minimum Gasteiger partial charge on any atom is -0.355 e. The summed E-state index contributed by atoms with van der Waals surface area (Å²) in [5.41, 5.74) is 10.4.